The van der Waals surface area contributed by atoms with Crippen molar-refractivity contribution in [1.29, 1.82) is 0 Å². The van der Waals surface area contributed by atoms with Gasteiger partial charge in [0.05, 0.1) is 0 Å². The first-order chi connectivity index (χ1) is 5.33. The van der Waals surface area contributed by atoms with Crippen molar-refractivity contribution in [3.63, 3.8) is 0 Å². The van der Waals surface area contributed by atoms with Crippen molar-refractivity contribution in [1.82, 2.24) is 0 Å². The molecule has 0 aliphatic heterocycles. The van der Waals surface area contributed by atoms with Crippen LogP contribution in [0.15, 0.2) is 0 Å². The molecule has 0 saturated heterocycles. The molecule has 1 saturated carbocycles. The van der Waals surface area contributed by atoms with Gasteiger partial charge in [-0.1, -0.05) is 48.0 Å². The summed E-state index contributed by atoms with van der Waals surface area (Å²) in [4.78, 5) is 0. The smallest absolute Gasteiger partial charge is 0.0223 e. The van der Waals surface area contributed by atoms with Crippen molar-refractivity contribution in [3.8, 4) is 0 Å². The second-order valence-corrected chi connectivity index (χ2v) is 5.66. The molecular weight excluding hydrogens is 144 g/mol. The Morgan fingerprint density at radius 1 is 0.917 bits per heavy atom. The van der Waals surface area contributed by atoms with Crippen molar-refractivity contribution in [2.24, 2.45) is 16.2 Å². The molecule has 0 spiro atoms. The fourth-order valence-corrected chi connectivity index (χ4v) is 3.50. The van der Waals surface area contributed by atoms with Crippen LogP contribution in [-0.2, 0) is 0 Å². The van der Waals surface area contributed by atoms with Gasteiger partial charge in [-0.15, -0.1) is 0 Å². The lowest BCUT2D eigenvalue weighted by Crippen LogP contribution is -2.59. The first-order valence-electron chi connectivity index (χ1n) is 5.33. The van der Waals surface area contributed by atoms with E-state index in [0.717, 1.165) is 0 Å². The monoisotopic (exact) mass is 168 g/mol. The standard InChI is InChI=1S/C12H24/c1-7-11(5)9-10(3,4)12(11,6)8-2/h7-9H2,1-6H3. The molecular formula is C12H24. The van der Waals surface area contributed by atoms with Crippen molar-refractivity contribution in [2.45, 2.75) is 60.8 Å². The predicted molar refractivity (Wildman–Crippen MR) is 55.2 cm³/mol. The summed E-state index contributed by atoms with van der Waals surface area (Å²) < 4.78 is 0. The maximum Gasteiger partial charge on any atom is -0.0223 e. The summed E-state index contributed by atoms with van der Waals surface area (Å²) in [6.07, 6.45) is 4.06. The van der Waals surface area contributed by atoms with Gasteiger partial charge in [0.1, 0.15) is 0 Å². The van der Waals surface area contributed by atoms with Gasteiger partial charge in [-0.3, -0.25) is 0 Å². The molecule has 1 fully saturated rings. The van der Waals surface area contributed by atoms with Crippen molar-refractivity contribution in [3.05, 3.63) is 0 Å². The van der Waals surface area contributed by atoms with Gasteiger partial charge in [-0.25, -0.2) is 0 Å². The quantitative estimate of drug-likeness (QED) is 0.578. The fraction of sp³-hybridized carbons (Fsp3) is 1.00. The number of rotatable bonds is 2. The Hall–Kier alpha value is 0. The molecule has 0 heteroatoms. The molecule has 0 N–H and O–H groups in total. The summed E-state index contributed by atoms with van der Waals surface area (Å²) in [7, 11) is 0. The van der Waals surface area contributed by atoms with Gasteiger partial charge in [0.15, 0.2) is 0 Å². The Kier molecular flexibility index (Phi) is 2.10. The van der Waals surface area contributed by atoms with Crippen LogP contribution in [0, 0.1) is 16.2 Å². The highest BCUT2D eigenvalue weighted by Gasteiger charge is 2.61. The molecule has 0 amide bonds. The SMILES string of the molecule is CCC1(C)CC(C)(C)C1(C)CC. The van der Waals surface area contributed by atoms with Crippen molar-refractivity contribution < 1.29 is 0 Å². The molecule has 0 aromatic heterocycles. The molecule has 2 unspecified atom stereocenters. The van der Waals surface area contributed by atoms with Crippen LogP contribution in [-0.4, -0.2) is 0 Å². The maximum atomic E-state index is 2.47. The van der Waals surface area contributed by atoms with Gasteiger partial charge >= 0.3 is 0 Å². The summed E-state index contributed by atoms with van der Waals surface area (Å²) in [6, 6.07) is 0. The molecule has 72 valence electrons. The molecule has 1 aliphatic rings. The maximum absolute atomic E-state index is 2.47. The van der Waals surface area contributed by atoms with E-state index in [0.29, 0.717) is 16.2 Å². The van der Waals surface area contributed by atoms with Crippen LogP contribution in [0.4, 0.5) is 0 Å². The van der Waals surface area contributed by atoms with Gasteiger partial charge in [0, 0.05) is 0 Å². The van der Waals surface area contributed by atoms with E-state index < -0.39 is 0 Å². The Morgan fingerprint density at radius 2 is 1.42 bits per heavy atom. The third-order valence-corrected chi connectivity index (χ3v) is 5.15. The van der Waals surface area contributed by atoms with Crippen molar-refractivity contribution >= 4 is 0 Å². The lowest BCUT2D eigenvalue weighted by atomic mass is 9.37. The normalized spacial score (nSPS) is 45.5. The van der Waals surface area contributed by atoms with Crippen LogP contribution in [0.5, 0.6) is 0 Å². The zero-order valence-corrected chi connectivity index (χ0v) is 9.62. The molecule has 12 heavy (non-hydrogen) atoms. The van der Waals surface area contributed by atoms with E-state index in [2.05, 4.69) is 41.5 Å². The van der Waals surface area contributed by atoms with Gasteiger partial charge in [0.25, 0.3) is 0 Å². The van der Waals surface area contributed by atoms with Crippen LogP contribution >= 0.6 is 0 Å². The minimum Gasteiger partial charge on any atom is -0.0648 e. The lowest BCUT2D eigenvalue weighted by Gasteiger charge is -2.68. The first-order valence-corrected chi connectivity index (χ1v) is 5.33. The van der Waals surface area contributed by atoms with E-state index >= 15 is 0 Å². The third kappa shape index (κ3) is 0.900. The van der Waals surface area contributed by atoms with E-state index in [1.807, 2.05) is 0 Å². The minimum atomic E-state index is 0.562. The lowest BCUT2D eigenvalue weighted by molar-refractivity contribution is -0.184. The van der Waals surface area contributed by atoms with Gasteiger partial charge in [-0.05, 0) is 29.1 Å². The van der Waals surface area contributed by atoms with Crippen LogP contribution in [0.2, 0.25) is 0 Å². The van der Waals surface area contributed by atoms with Gasteiger partial charge in [0.2, 0.25) is 0 Å². The molecule has 2 atom stereocenters. The van der Waals surface area contributed by atoms with E-state index in [-0.39, 0.29) is 0 Å². The molecule has 1 aliphatic carbocycles. The summed E-state index contributed by atoms with van der Waals surface area (Å²) in [5.74, 6) is 0. The average Bonchev–Trinajstić information content (AvgIpc) is 2.01. The zero-order chi connectivity index (χ0) is 9.62. The minimum absolute atomic E-state index is 0.562. The highest BCUT2D eigenvalue weighted by molar-refractivity contribution is 5.11. The third-order valence-electron chi connectivity index (χ3n) is 5.15. The van der Waals surface area contributed by atoms with E-state index in [4.69, 9.17) is 0 Å². The highest BCUT2D eigenvalue weighted by atomic mass is 14.7. The van der Waals surface area contributed by atoms with Crippen LogP contribution in [0.3, 0.4) is 0 Å². The molecule has 0 nitrogen and oxygen atoms in total. The second-order valence-electron chi connectivity index (χ2n) is 5.66. The molecule has 0 aromatic rings. The highest BCUT2D eigenvalue weighted by Crippen LogP contribution is 2.70. The van der Waals surface area contributed by atoms with Gasteiger partial charge in [-0.2, -0.15) is 0 Å². The summed E-state index contributed by atoms with van der Waals surface area (Å²) in [5.41, 5.74) is 1.73. The Labute approximate surface area is 77.7 Å². The van der Waals surface area contributed by atoms with E-state index in [1.54, 1.807) is 0 Å². The van der Waals surface area contributed by atoms with Crippen LogP contribution in [0.1, 0.15) is 60.8 Å². The Morgan fingerprint density at radius 3 is 1.58 bits per heavy atom. The Balaban J connectivity index is 2.90. The molecule has 0 bridgehead atoms. The van der Waals surface area contributed by atoms with Gasteiger partial charge < -0.3 is 0 Å². The summed E-state index contributed by atoms with van der Waals surface area (Å²) in [5, 5.41) is 0. The summed E-state index contributed by atoms with van der Waals surface area (Å²) >= 11 is 0. The molecule has 0 aromatic carbocycles. The molecule has 0 radical (unpaired) electrons. The Bertz CT molecular complexity index is 180. The predicted octanol–water partition coefficient (Wildman–Crippen LogP) is 4.25. The number of hydrogen-bond acceptors (Lipinski definition) is 0. The fourth-order valence-electron chi connectivity index (χ4n) is 3.50. The number of hydrogen-bond donors (Lipinski definition) is 0. The largest absolute Gasteiger partial charge is 0.0648 e. The molecule has 0 heterocycles. The second kappa shape index (κ2) is 2.49. The van der Waals surface area contributed by atoms with Crippen LogP contribution < -0.4 is 0 Å². The van der Waals surface area contributed by atoms with Crippen molar-refractivity contribution in [2.75, 3.05) is 0 Å². The van der Waals surface area contributed by atoms with Crippen LogP contribution in [0.25, 0.3) is 0 Å². The summed E-state index contributed by atoms with van der Waals surface area (Å²) in [6.45, 7) is 14.5. The average molecular weight is 168 g/mol. The van der Waals surface area contributed by atoms with E-state index in [9.17, 15) is 0 Å². The first kappa shape index (κ1) is 10.1. The zero-order valence-electron chi connectivity index (χ0n) is 9.62. The molecule has 1 rings (SSSR count). The van der Waals surface area contributed by atoms with E-state index in [1.165, 1.54) is 19.3 Å². The topological polar surface area (TPSA) is 0 Å².